The van der Waals surface area contributed by atoms with Gasteiger partial charge in [-0.15, -0.1) is 12.4 Å². The number of nitrogens with zero attached hydrogens (tertiary/aromatic N) is 2. The van der Waals surface area contributed by atoms with E-state index >= 15 is 0 Å². The second-order valence-electron chi connectivity index (χ2n) is 5.54. The standard InChI is InChI=1S/C14H13NO2.C7H7NO2.ClH/c16-14(10-13-8-4-5-9-15-13)17-11-12-6-2-1-3-7-12;9-7(10)5-6-3-1-2-4-8-6;/h1-9H,10-11H2;1-4H,5H2,(H,9,10);1H. The quantitative estimate of drug-likeness (QED) is 0.637. The number of carboxylic acids is 1. The van der Waals surface area contributed by atoms with E-state index in [1.54, 1.807) is 30.6 Å². The molecule has 2 heterocycles. The highest BCUT2D eigenvalue weighted by Gasteiger charge is 2.05. The van der Waals surface area contributed by atoms with Crippen molar-refractivity contribution in [2.45, 2.75) is 19.4 Å². The van der Waals surface area contributed by atoms with Gasteiger partial charge < -0.3 is 9.84 Å². The van der Waals surface area contributed by atoms with Crippen molar-refractivity contribution in [1.82, 2.24) is 9.97 Å². The lowest BCUT2D eigenvalue weighted by Gasteiger charge is -2.04. The zero-order chi connectivity index (χ0) is 19.3. The van der Waals surface area contributed by atoms with E-state index in [1.807, 2.05) is 48.5 Å². The molecule has 0 saturated heterocycles. The first-order chi connectivity index (χ1) is 13.1. The molecular weight excluding hydrogens is 380 g/mol. The van der Waals surface area contributed by atoms with Crippen LogP contribution in [0.25, 0.3) is 0 Å². The first-order valence-electron chi connectivity index (χ1n) is 8.34. The molecule has 0 spiro atoms. The summed E-state index contributed by atoms with van der Waals surface area (Å²) in [7, 11) is 0. The minimum absolute atomic E-state index is 0. The number of aromatic nitrogens is 2. The summed E-state index contributed by atoms with van der Waals surface area (Å²) in [5, 5.41) is 8.33. The molecule has 0 fully saturated rings. The molecule has 3 aromatic rings. The Bertz CT molecular complexity index is 831. The van der Waals surface area contributed by atoms with E-state index in [-0.39, 0.29) is 31.2 Å². The summed E-state index contributed by atoms with van der Waals surface area (Å²) in [4.78, 5) is 29.6. The Kier molecular flexibility index (Phi) is 10.6. The van der Waals surface area contributed by atoms with Gasteiger partial charge in [-0.2, -0.15) is 0 Å². The molecule has 0 unspecified atom stereocenters. The maximum atomic E-state index is 11.5. The molecule has 0 aliphatic carbocycles. The van der Waals surface area contributed by atoms with Crippen molar-refractivity contribution in [3.8, 4) is 0 Å². The van der Waals surface area contributed by atoms with Crippen LogP contribution in [0.5, 0.6) is 0 Å². The molecule has 0 bridgehead atoms. The van der Waals surface area contributed by atoms with Crippen LogP contribution in [0, 0.1) is 0 Å². The van der Waals surface area contributed by atoms with Gasteiger partial charge in [0.15, 0.2) is 0 Å². The topological polar surface area (TPSA) is 89.4 Å². The van der Waals surface area contributed by atoms with E-state index in [4.69, 9.17) is 9.84 Å². The second kappa shape index (κ2) is 13.0. The smallest absolute Gasteiger partial charge is 0.312 e. The molecule has 1 N–H and O–H groups in total. The lowest BCUT2D eigenvalue weighted by molar-refractivity contribution is -0.144. The maximum absolute atomic E-state index is 11.5. The SMILES string of the molecule is Cl.O=C(Cc1ccccn1)OCc1ccccc1.O=C(O)Cc1ccccn1. The van der Waals surface area contributed by atoms with Gasteiger partial charge in [0, 0.05) is 12.4 Å². The van der Waals surface area contributed by atoms with E-state index in [0.29, 0.717) is 12.3 Å². The fourth-order valence-electron chi connectivity index (χ4n) is 2.10. The molecule has 1 aromatic carbocycles. The molecule has 7 heteroatoms. The van der Waals surface area contributed by atoms with Gasteiger partial charge in [-0.05, 0) is 29.8 Å². The molecule has 0 saturated carbocycles. The summed E-state index contributed by atoms with van der Waals surface area (Å²) < 4.78 is 5.15. The van der Waals surface area contributed by atoms with Crippen LogP contribution in [-0.4, -0.2) is 27.0 Å². The largest absolute Gasteiger partial charge is 0.481 e. The zero-order valence-corrected chi connectivity index (χ0v) is 15.9. The Labute approximate surface area is 169 Å². The Morgan fingerprint density at radius 1 is 0.786 bits per heavy atom. The number of esters is 1. The predicted molar refractivity (Wildman–Crippen MR) is 107 cm³/mol. The third-order valence-electron chi connectivity index (χ3n) is 3.35. The highest BCUT2D eigenvalue weighted by molar-refractivity contribution is 5.85. The van der Waals surface area contributed by atoms with Gasteiger partial charge in [0.25, 0.3) is 0 Å². The van der Waals surface area contributed by atoms with E-state index < -0.39 is 5.97 Å². The number of aliphatic carboxylic acids is 1. The van der Waals surface area contributed by atoms with Crippen molar-refractivity contribution in [2.24, 2.45) is 0 Å². The Morgan fingerprint density at radius 3 is 1.82 bits per heavy atom. The molecule has 146 valence electrons. The van der Waals surface area contributed by atoms with Gasteiger partial charge >= 0.3 is 11.9 Å². The van der Waals surface area contributed by atoms with E-state index in [9.17, 15) is 9.59 Å². The van der Waals surface area contributed by atoms with E-state index in [1.165, 1.54) is 0 Å². The number of hydrogen-bond acceptors (Lipinski definition) is 5. The molecule has 0 amide bonds. The van der Waals surface area contributed by atoms with Crippen LogP contribution < -0.4 is 0 Å². The van der Waals surface area contributed by atoms with E-state index in [0.717, 1.165) is 11.3 Å². The molecule has 3 rings (SSSR count). The molecule has 28 heavy (non-hydrogen) atoms. The molecule has 0 aliphatic rings. The van der Waals surface area contributed by atoms with Crippen molar-refractivity contribution in [2.75, 3.05) is 0 Å². The molecule has 0 aliphatic heterocycles. The Hall–Kier alpha value is -3.25. The summed E-state index contributed by atoms with van der Waals surface area (Å²) in [5.41, 5.74) is 2.31. The number of rotatable bonds is 6. The molecule has 0 atom stereocenters. The number of pyridine rings is 2. The molecule has 0 radical (unpaired) electrons. The van der Waals surface area contributed by atoms with Crippen molar-refractivity contribution in [1.29, 1.82) is 0 Å². The summed E-state index contributed by atoms with van der Waals surface area (Å²) in [6.07, 6.45) is 3.46. The van der Waals surface area contributed by atoms with Crippen LogP contribution in [0.15, 0.2) is 79.1 Å². The van der Waals surface area contributed by atoms with Crippen molar-refractivity contribution >= 4 is 24.3 Å². The number of ether oxygens (including phenoxy) is 1. The average molecular weight is 401 g/mol. The summed E-state index contributed by atoms with van der Waals surface area (Å²) in [5.74, 6) is -1.11. The molecule has 2 aromatic heterocycles. The first-order valence-corrected chi connectivity index (χ1v) is 8.34. The molecule has 6 nitrogen and oxygen atoms in total. The lowest BCUT2D eigenvalue weighted by Crippen LogP contribution is -2.08. The van der Waals surface area contributed by atoms with Gasteiger partial charge in [-0.3, -0.25) is 19.6 Å². The Morgan fingerprint density at radius 2 is 1.32 bits per heavy atom. The number of carbonyl (C=O) groups excluding carboxylic acids is 1. The first kappa shape index (κ1) is 22.8. The Balaban J connectivity index is 0.000000307. The monoisotopic (exact) mass is 400 g/mol. The maximum Gasteiger partial charge on any atom is 0.312 e. The number of hydrogen-bond donors (Lipinski definition) is 1. The van der Waals surface area contributed by atoms with Gasteiger partial charge in [0.2, 0.25) is 0 Å². The van der Waals surface area contributed by atoms with Crippen LogP contribution in [0.3, 0.4) is 0 Å². The summed E-state index contributed by atoms with van der Waals surface area (Å²) in [6.45, 7) is 0.312. The van der Waals surface area contributed by atoms with Crippen LogP contribution in [-0.2, 0) is 33.8 Å². The van der Waals surface area contributed by atoms with Crippen molar-refractivity contribution in [3.05, 3.63) is 96.1 Å². The van der Waals surface area contributed by atoms with E-state index in [2.05, 4.69) is 9.97 Å². The second-order valence-corrected chi connectivity index (χ2v) is 5.54. The highest BCUT2D eigenvalue weighted by Crippen LogP contribution is 2.03. The summed E-state index contributed by atoms with van der Waals surface area (Å²) >= 11 is 0. The zero-order valence-electron chi connectivity index (χ0n) is 15.1. The minimum Gasteiger partial charge on any atom is -0.481 e. The van der Waals surface area contributed by atoms with Gasteiger partial charge in [0.05, 0.1) is 24.2 Å². The minimum atomic E-state index is -0.848. The third kappa shape index (κ3) is 9.45. The van der Waals surface area contributed by atoms with Crippen LogP contribution in [0.1, 0.15) is 17.0 Å². The number of halogens is 1. The number of carbonyl (C=O) groups is 2. The van der Waals surface area contributed by atoms with Gasteiger partial charge in [0.1, 0.15) is 6.61 Å². The lowest BCUT2D eigenvalue weighted by atomic mass is 10.2. The van der Waals surface area contributed by atoms with Gasteiger partial charge in [-0.1, -0.05) is 42.5 Å². The summed E-state index contributed by atoms with van der Waals surface area (Å²) in [6, 6.07) is 20.3. The van der Waals surface area contributed by atoms with Crippen LogP contribution in [0.2, 0.25) is 0 Å². The predicted octanol–water partition coefficient (Wildman–Crippen LogP) is 3.50. The fourth-order valence-corrected chi connectivity index (χ4v) is 2.10. The normalized spacial score (nSPS) is 9.29. The average Bonchev–Trinajstić information content (AvgIpc) is 2.69. The third-order valence-corrected chi connectivity index (χ3v) is 3.35. The van der Waals surface area contributed by atoms with Crippen molar-refractivity contribution in [3.63, 3.8) is 0 Å². The fraction of sp³-hybridized carbons (Fsp3) is 0.143. The van der Waals surface area contributed by atoms with Crippen LogP contribution >= 0.6 is 12.4 Å². The van der Waals surface area contributed by atoms with Crippen molar-refractivity contribution < 1.29 is 19.4 Å². The highest BCUT2D eigenvalue weighted by atomic mass is 35.5. The molecular formula is C21H21ClN2O4. The number of carboxylic acid groups (broad SMARTS) is 1. The van der Waals surface area contributed by atoms with Gasteiger partial charge in [-0.25, -0.2) is 0 Å². The number of benzene rings is 1. The van der Waals surface area contributed by atoms with Crippen LogP contribution in [0.4, 0.5) is 0 Å².